The Bertz CT molecular complexity index is 347. The summed E-state index contributed by atoms with van der Waals surface area (Å²) in [4.78, 5) is 28.5. The van der Waals surface area contributed by atoms with Crippen LogP contribution >= 0.6 is 0 Å². The van der Waals surface area contributed by atoms with E-state index in [1.54, 1.807) is 9.80 Å². The Hall–Kier alpha value is -1.30. The first-order chi connectivity index (χ1) is 8.97. The molecule has 1 N–H and O–H groups in total. The van der Waals surface area contributed by atoms with E-state index in [2.05, 4.69) is 11.9 Å². The van der Waals surface area contributed by atoms with Gasteiger partial charge in [0.15, 0.2) is 0 Å². The maximum atomic E-state index is 12.1. The predicted molar refractivity (Wildman–Crippen MR) is 70.9 cm³/mol. The molecule has 19 heavy (non-hydrogen) atoms. The monoisotopic (exact) mass is 269 g/mol. The molecule has 6 nitrogen and oxygen atoms in total. The third-order valence-corrected chi connectivity index (χ3v) is 4.20. The summed E-state index contributed by atoms with van der Waals surface area (Å²) >= 11 is 0. The van der Waals surface area contributed by atoms with Crippen molar-refractivity contribution in [2.75, 3.05) is 46.8 Å². The van der Waals surface area contributed by atoms with Crippen LogP contribution in [-0.2, 0) is 4.79 Å². The molecular weight excluding hydrogens is 246 g/mol. The molecule has 2 amide bonds. The second-order valence-corrected chi connectivity index (χ2v) is 5.85. The fourth-order valence-corrected chi connectivity index (χ4v) is 2.74. The van der Waals surface area contributed by atoms with Crippen molar-refractivity contribution in [3.63, 3.8) is 0 Å². The lowest BCUT2D eigenvalue weighted by atomic mass is 9.96. The van der Waals surface area contributed by atoms with Crippen molar-refractivity contribution in [3.05, 3.63) is 0 Å². The maximum Gasteiger partial charge on any atom is 0.319 e. The van der Waals surface area contributed by atoms with E-state index in [0.29, 0.717) is 19.0 Å². The van der Waals surface area contributed by atoms with E-state index in [0.717, 1.165) is 32.5 Å². The number of aliphatic carboxylic acids is 1. The van der Waals surface area contributed by atoms with Gasteiger partial charge < -0.3 is 19.8 Å². The lowest BCUT2D eigenvalue weighted by molar-refractivity contribution is -0.146. The Morgan fingerprint density at radius 2 is 1.84 bits per heavy atom. The number of rotatable bonds is 3. The number of piperidine rings is 1. The van der Waals surface area contributed by atoms with Gasteiger partial charge in [-0.2, -0.15) is 0 Å². The molecule has 2 rings (SSSR count). The molecular formula is C13H23N3O3. The summed E-state index contributed by atoms with van der Waals surface area (Å²) in [7, 11) is 3.94. The number of urea groups is 1. The number of amides is 2. The number of hydrogen-bond acceptors (Lipinski definition) is 3. The Balaban J connectivity index is 1.73. The second kappa shape index (κ2) is 5.77. The Morgan fingerprint density at radius 3 is 2.37 bits per heavy atom. The van der Waals surface area contributed by atoms with Gasteiger partial charge in [-0.1, -0.05) is 0 Å². The largest absolute Gasteiger partial charge is 0.481 e. The molecule has 108 valence electrons. The van der Waals surface area contributed by atoms with Gasteiger partial charge in [0.1, 0.15) is 0 Å². The van der Waals surface area contributed by atoms with Gasteiger partial charge >= 0.3 is 12.0 Å². The zero-order valence-electron chi connectivity index (χ0n) is 11.7. The minimum Gasteiger partial charge on any atom is -0.481 e. The smallest absolute Gasteiger partial charge is 0.319 e. The van der Waals surface area contributed by atoms with Gasteiger partial charge in [-0.25, -0.2) is 4.79 Å². The van der Waals surface area contributed by atoms with Gasteiger partial charge in [-0.3, -0.25) is 4.79 Å². The predicted octanol–water partition coefficient (Wildman–Crippen LogP) is 0.396. The standard InChI is InChI=1S/C13H23N3O3/c1-14-5-3-10(4-6-14)7-15(2)13(19)16-8-11(9-16)12(17)18/h10-11H,3-9H2,1-2H3,(H,17,18). The molecule has 0 atom stereocenters. The van der Waals surface area contributed by atoms with Crippen LogP contribution in [0.25, 0.3) is 0 Å². The van der Waals surface area contributed by atoms with E-state index in [1.807, 2.05) is 7.05 Å². The average Bonchev–Trinajstić information content (AvgIpc) is 2.29. The van der Waals surface area contributed by atoms with Crippen LogP contribution < -0.4 is 0 Å². The molecule has 2 fully saturated rings. The van der Waals surface area contributed by atoms with Crippen molar-refractivity contribution in [2.45, 2.75) is 12.8 Å². The summed E-state index contributed by atoms with van der Waals surface area (Å²) in [6.45, 7) is 3.67. The topological polar surface area (TPSA) is 64.1 Å². The molecule has 2 saturated heterocycles. The van der Waals surface area contributed by atoms with E-state index in [1.165, 1.54) is 0 Å². The number of carbonyl (C=O) groups is 2. The van der Waals surface area contributed by atoms with Gasteiger partial charge in [-0.15, -0.1) is 0 Å². The molecule has 0 aliphatic carbocycles. The van der Waals surface area contributed by atoms with Crippen molar-refractivity contribution in [3.8, 4) is 0 Å². The Labute approximate surface area is 114 Å². The van der Waals surface area contributed by atoms with Crippen LogP contribution in [0.4, 0.5) is 4.79 Å². The number of nitrogens with zero attached hydrogens (tertiary/aromatic N) is 3. The number of hydrogen-bond donors (Lipinski definition) is 1. The average molecular weight is 269 g/mol. The fraction of sp³-hybridized carbons (Fsp3) is 0.846. The lowest BCUT2D eigenvalue weighted by Gasteiger charge is -2.40. The van der Waals surface area contributed by atoms with E-state index >= 15 is 0 Å². The minimum absolute atomic E-state index is 0.0311. The zero-order valence-corrected chi connectivity index (χ0v) is 11.7. The maximum absolute atomic E-state index is 12.1. The summed E-state index contributed by atoms with van der Waals surface area (Å²) < 4.78 is 0. The normalized spacial score (nSPS) is 22.1. The molecule has 0 aromatic rings. The molecule has 2 heterocycles. The summed E-state index contributed by atoms with van der Waals surface area (Å²) in [5.41, 5.74) is 0. The van der Waals surface area contributed by atoms with Crippen molar-refractivity contribution in [1.82, 2.24) is 14.7 Å². The molecule has 0 aromatic heterocycles. The van der Waals surface area contributed by atoms with Crippen LogP contribution in [0.1, 0.15) is 12.8 Å². The molecule has 0 aromatic carbocycles. The van der Waals surface area contributed by atoms with E-state index in [4.69, 9.17) is 5.11 Å². The molecule has 0 saturated carbocycles. The highest BCUT2D eigenvalue weighted by Gasteiger charge is 2.37. The third kappa shape index (κ3) is 3.37. The van der Waals surface area contributed by atoms with E-state index < -0.39 is 5.97 Å². The van der Waals surface area contributed by atoms with Crippen molar-refractivity contribution in [1.29, 1.82) is 0 Å². The van der Waals surface area contributed by atoms with Gasteiger partial charge in [0.05, 0.1) is 5.92 Å². The highest BCUT2D eigenvalue weighted by atomic mass is 16.4. The van der Waals surface area contributed by atoms with Gasteiger partial charge in [0.25, 0.3) is 0 Å². The Kier molecular flexibility index (Phi) is 4.29. The summed E-state index contributed by atoms with van der Waals surface area (Å²) in [6.07, 6.45) is 2.26. The van der Waals surface area contributed by atoms with Crippen LogP contribution in [0, 0.1) is 11.8 Å². The van der Waals surface area contributed by atoms with E-state index in [-0.39, 0.29) is 11.9 Å². The first-order valence-corrected chi connectivity index (χ1v) is 6.88. The molecule has 0 spiro atoms. The summed E-state index contributed by atoms with van der Waals surface area (Å²) in [5, 5.41) is 8.80. The first-order valence-electron chi connectivity index (χ1n) is 6.88. The molecule has 0 radical (unpaired) electrons. The Morgan fingerprint density at radius 1 is 1.26 bits per heavy atom. The fourth-order valence-electron chi connectivity index (χ4n) is 2.74. The highest BCUT2D eigenvalue weighted by molar-refractivity contribution is 5.79. The van der Waals surface area contributed by atoms with Gasteiger partial charge in [-0.05, 0) is 38.9 Å². The molecule has 6 heteroatoms. The quantitative estimate of drug-likeness (QED) is 0.805. The molecule has 0 unspecified atom stereocenters. The number of carboxylic acids is 1. The van der Waals surface area contributed by atoms with Crippen molar-refractivity contribution >= 4 is 12.0 Å². The highest BCUT2D eigenvalue weighted by Crippen LogP contribution is 2.20. The number of carboxylic acid groups (broad SMARTS) is 1. The van der Waals surface area contributed by atoms with Gasteiger partial charge in [0.2, 0.25) is 0 Å². The first kappa shape index (κ1) is 14.1. The lowest BCUT2D eigenvalue weighted by Crippen LogP contribution is -2.57. The van der Waals surface area contributed by atoms with Crippen LogP contribution in [-0.4, -0.2) is 78.6 Å². The van der Waals surface area contributed by atoms with Crippen molar-refractivity contribution < 1.29 is 14.7 Å². The zero-order chi connectivity index (χ0) is 14.0. The van der Waals surface area contributed by atoms with Crippen LogP contribution in [0.5, 0.6) is 0 Å². The van der Waals surface area contributed by atoms with E-state index in [9.17, 15) is 9.59 Å². The van der Waals surface area contributed by atoms with Crippen LogP contribution in [0.3, 0.4) is 0 Å². The second-order valence-electron chi connectivity index (χ2n) is 5.85. The summed E-state index contributed by atoms with van der Waals surface area (Å²) in [5.74, 6) is -0.607. The van der Waals surface area contributed by atoms with Crippen LogP contribution in [0.2, 0.25) is 0 Å². The molecule has 0 bridgehead atoms. The van der Waals surface area contributed by atoms with Crippen LogP contribution in [0.15, 0.2) is 0 Å². The SMILES string of the molecule is CN1CCC(CN(C)C(=O)N2CC(C(=O)O)C2)CC1. The molecule has 2 aliphatic rings. The van der Waals surface area contributed by atoms with Gasteiger partial charge in [0, 0.05) is 26.7 Å². The molecule has 2 aliphatic heterocycles. The third-order valence-electron chi connectivity index (χ3n) is 4.20. The number of likely N-dealkylation sites (tertiary alicyclic amines) is 2. The summed E-state index contributed by atoms with van der Waals surface area (Å²) in [6, 6.07) is -0.0311. The minimum atomic E-state index is -0.804. The van der Waals surface area contributed by atoms with Crippen molar-refractivity contribution in [2.24, 2.45) is 11.8 Å². The number of carbonyl (C=O) groups excluding carboxylic acids is 1.